The van der Waals surface area contributed by atoms with Gasteiger partial charge >= 0.3 is 0 Å². The number of hydrogen-bond donors (Lipinski definition) is 1. The maximum absolute atomic E-state index is 12.6. The van der Waals surface area contributed by atoms with Gasteiger partial charge in [-0.2, -0.15) is 0 Å². The molecule has 1 heterocycles. The van der Waals surface area contributed by atoms with Gasteiger partial charge in [0.15, 0.2) is 0 Å². The summed E-state index contributed by atoms with van der Waals surface area (Å²) in [4.78, 5) is 38.5. The van der Waals surface area contributed by atoms with Gasteiger partial charge in [-0.1, -0.05) is 29.8 Å². The number of hydrogen-bond acceptors (Lipinski definition) is 5. The van der Waals surface area contributed by atoms with Crippen LogP contribution in [-0.2, 0) is 9.59 Å². The van der Waals surface area contributed by atoms with Crippen molar-refractivity contribution in [1.29, 1.82) is 0 Å². The first-order valence-corrected chi connectivity index (χ1v) is 10.5. The van der Waals surface area contributed by atoms with Gasteiger partial charge in [-0.3, -0.25) is 19.3 Å². The lowest BCUT2D eigenvalue weighted by Gasteiger charge is -2.13. The summed E-state index contributed by atoms with van der Waals surface area (Å²) in [6.45, 7) is 5.34. The lowest BCUT2D eigenvalue weighted by atomic mass is 10.2. The molecule has 0 bridgehead atoms. The van der Waals surface area contributed by atoms with Gasteiger partial charge in [0.2, 0.25) is 5.91 Å². The molecule has 1 aliphatic heterocycles. The lowest BCUT2D eigenvalue weighted by molar-refractivity contribution is -0.127. The van der Waals surface area contributed by atoms with E-state index < -0.39 is 17.1 Å². The van der Waals surface area contributed by atoms with Gasteiger partial charge in [0, 0.05) is 10.7 Å². The second-order valence-electron chi connectivity index (χ2n) is 7.01. The van der Waals surface area contributed by atoms with Gasteiger partial charge in [-0.15, -0.1) is 0 Å². The normalized spacial score (nSPS) is 15.2. The second kappa shape index (κ2) is 9.36. The molecular weight excluding hydrogens is 424 g/mol. The number of nitrogens with zero attached hydrogens (tertiary/aromatic N) is 1. The third kappa shape index (κ3) is 5.43. The molecule has 0 atom stereocenters. The van der Waals surface area contributed by atoms with Crippen LogP contribution in [0.5, 0.6) is 5.75 Å². The van der Waals surface area contributed by atoms with E-state index in [1.807, 2.05) is 20.8 Å². The third-order valence-corrected chi connectivity index (χ3v) is 5.34. The first kappa shape index (κ1) is 21.9. The zero-order chi connectivity index (χ0) is 21.8. The lowest BCUT2D eigenvalue weighted by Crippen LogP contribution is -2.36. The molecule has 1 aliphatic rings. The summed E-state index contributed by atoms with van der Waals surface area (Å²) in [7, 11) is 0. The van der Waals surface area contributed by atoms with Crippen molar-refractivity contribution >= 4 is 52.2 Å². The van der Waals surface area contributed by atoms with Crippen molar-refractivity contribution in [3.63, 3.8) is 0 Å². The predicted molar refractivity (Wildman–Crippen MR) is 120 cm³/mol. The van der Waals surface area contributed by atoms with E-state index >= 15 is 0 Å². The van der Waals surface area contributed by atoms with Crippen LogP contribution >= 0.6 is 23.4 Å². The number of rotatable bonds is 6. The van der Waals surface area contributed by atoms with E-state index in [9.17, 15) is 14.4 Å². The van der Waals surface area contributed by atoms with Crippen LogP contribution in [0.2, 0.25) is 5.02 Å². The number of anilines is 1. The van der Waals surface area contributed by atoms with Crippen molar-refractivity contribution in [3.8, 4) is 5.75 Å². The van der Waals surface area contributed by atoms with Crippen LogP contribution in [-0.4, -0.2) is 34.6 Å². The standard InChI is InChI=1S/C22H21ClN2O4S/c1-13(2)29-17-8-5-15(6-9-17)10-19-21(27)25(22(28)30-19)12-20(26)24-18-11-16(23)7-4-14(18)3/h4-11,13H,12H2,1-3H3,(H,24,26)/b19-10-. The summed E-state index contributed by atoms with van der Waals surface area (Å²) in [5, 5.41) is 2.69. The van der Waals surface area contributed by atoms with Gasteiger partial charge in [0.1, 0.15) is 12.3 Å². The Hall–Kier alpha value is -2.77. The Labute approximate surface area is 184 Å². The fourth-order valence-corrected chi connectivity index (χ4v) is 3.78. The number of thioether (sulfide) groups is 1. The summed E-state index contributed by atoms with van der Waals surface area (Å²) in [5.41, 5.74) is 2.13. The minimum absolute atomic E-state index is 0.0641. The highest BCUT2D eigenvalue weighted by Gasteiger charge is 2.36. The summed E-state index contributed by atoms with van der Waals surface area (Å²) in [5.74, 6) is -0.243. The highest BCUT2D eigenvalue weighted by Crippen LogP contribution is 2.32. The molecule has 0 aliphatic carbocycles. The van der Waals surface area contributed by atoms with E-state index in [0.29, 0.717) is 10.7 Å². The molecule has 1 N–H and O–H groups in total. The van der Waals surface area contributed by atoms with Crippen LogP contribution in [0.25, 0.3) is 6.08 Å². The van der Waals surface area contributed by atoms with Crippen molar-refractivity contribution in [1.82, 2.24) is 4.90 Å². The van der Waals surface area contributed by atoms with Crippen LogP contribution in [0.3, 0.4) is 0 Å². The van der Waals surface area contributed by atoms with Crippen LogP contribution in [0.1, 0.15) is 25.0 Å². The molecule has 156 valence electrons. The fraction of sp³-hybridized carbons (Fsp3) is 0.227. The number of imide groups is 1. The van der Waals surface area contributed by atoms with Crippen molar-refractivity contribution in [3.05, 3.63) is 63.5 Å². The van der Waals surface area contributed by atoms with E-state index in [-0.39, 0.29) is 17.6 Å². The maximum atomic E-state index is 12.6. The Morgan fingerprint density at radius 2 is 1.90 bits per heavy atom. The molecule has 1 saturated heterocycles. The molecule has 3 amide bonds. The van der Waals surface area contributed by atoms with Gasteiger partial charge in [0.05, 0.1) is 11.0 Å². The first-order chi connectivity index (χ1) is 14.2. The number of aryl methyl sites for hydroxylation is 1. The van der Waals surface area contributed by atoms with Gasteiger partial charge in [0.25, 0.3) is 11.1 Å². The highest BCUT2D eigenvalue weighted by atomic mass is 35.5. The van der Waals surface area contributed by atoms with Crippen LogP contribution in [0.15, 0.2) is 47.4 Å². The summed E-state index contributed by atoms with van der Waals surface area (Å²) < 4.78 is 5.59. The van der Waals surface area contributed by atoms with E-state index in [0.717, 1.165) is 33.5 Å². The van der Waals surface area contributed by atoms with E-state index in [1.165, 1.54) is 0 Å². The molecule has 0 spiro atoms. The smallest absolute Gasteiger partial charge is 0.294 e. The number of benzene rings is 2. The largest absolute Gasteiger partial charge is 0.491 e. The van der Waals surface area contributed by atoms with Crippen LogP contribution in [0.4, 0.5) is 10.5 Å². The molecular formula is C22H21ClN2O4S. The number of ether oxygens (including phenoxy) is 1. The molecule has 0 radical (unpaired) electrons. The Balaban J connectivity index is 1.67. The molecule has 3 rings (SSSR count). The minimum Gasteiger partial charge on any atom is -0.491 e. The number of halogens is 1. The van der Waals surface area contributed by atoms with Gasteiger partial charge < -0.3 is 10.1 Å². The van der Waals surface area contributed by atoms with E-state index in [4.69, 9.17) is 16.3 Å². The zero-order valence-corrected chi connectivity index (χ0v) is 18.3. The second-order valence-corrected chi connectivity index (χ2v) is 8.44. The highest BCUT2D eigenvalue weighted by molar-refractivity contribution is 8.18. The van der Waals surface area contributed by atoms with E-state index in [2.05, 4.69) is 5.32 Å². The Kier molecular flexibility index (Phi) is 6.84. The van der Waals surface area contributed by atoms with Crippen molar-refractivity contribution in [2.24, 2.45) is 0 Å². The third-order valence-electron chi connectivity index (χ3n) is 4.20. The SMILES string of the molecule is Cc1ccc(Cl)cc1NC(=O)CN1C(=O)S/C(=C\c2ccc(OC(C)C)cc2)C1=O. The molecule has 0 unspecified atom stereocenters. The fourth-order valence-electron chi connectivity index (χ4n) is 2.76. The molecule has 2 aromatic carbocycles. The predicted octanol–water partition coefficient (Wildman–Crippen LogP) is 5.11. The Bertz CT molecular complexity index is 1020. The molecule has 30 heavy (non-hydrogen) atoms. The Morgan fingerprint density at radius 3 is 2.57 bits per heavy atom. The summed E-state index contributed by atoms with van der Waals surface area (Å²) in [6, 6.07) is 12.3. The summed E-state index contributed by atoms with van der Waals surface area (Å²) in [6.07, 6.45) is 1.69. The molecule has 2 aromatic rings. The molecule has 0 aromatic heterocycles. The number of carbonyl (C=O) groups excluding carboxylic acids is 3. The molecule has 1 fully saturated rings. The van der Waals surface area contributed by atoms with Crippen molar-refractivity contribution in [2.75, 3.05) is 11.9 Å². The number of nitrogens with one attached hydrogen (secondary N) is 1. The maximum Gasteiger partial charge on any atom is 0.294 e. The molecule has 0 saturated carbocycles. The van der Waals surface area contributed by atoms with Crippen LogP contribution < -0.4 is 10.1 Å². The van der Waals surface area contributed by atoms with Crippen molar-refractivity contribution in [2.45, 2.75) is 26.9 Å². The quantitative estimate of drug-likeness (QED) is 0.626. The Morgan fingerprint density at radius 1 is 1.20 bits per heavy atom. The number of carbonyl (C=O) groups is 3. The van der Waals surface area contributed by atoms with Crippen LogP contribution in [0, 0.1) is 6.92 Å². The van der Waals surface area contributed by atoms with Crippen molar-refractivity contribution < 1.29 is 19.1 Å². The average Bonchev–Trinajstić information content (AvgIpc) is 2.93. The zero-order valence-electron chi connectivity index (χ0n) is 16.8. The first-order valence-electron chi connectivity index (χ1n) is 9.31. The minimum atomic E-state index is -0.495. The monoisotopic (exact) mass is 444 g/mol. The number of amides is 3. The average molecular weight is 445 g/mol. The molecule has 8 heteroatoms. The van der Waals surface area contributed by atoms with E-state index in [1.54, 1.807) is 48.5 Å². The molecule has 6 nitrogen and oxygen atoms in total. The van der Waals surface area contributed by atoms with Gasteiger partial charge in [-0.05, 0) is 74.0 Å². The topological polar surface area (TPSA) is 75.7 Å². The summed E-state index contributed by atoms with van der Waals surface area (Å²) >= 11 is 6.77. The van der Waals surface area contributed by atoms with Gasteiger partial charge in [-0.25, -0.2) is 0 Å².